The van der Waals surface area contributed by atoms with E-state index in [2.05, 4.69) is 11.9 Å². The molecule has 0 heterocycles. The second-order valence-corrected chi connectivity index (χ2v) is 6.89. The lowest BCUT2D eigenvalue weighted by molar-refractivity contribution is -0.142. The van der Waals surface area contributed by atoms with Crippen molar-refractivity contribution < 1.29 is 9.53 Å². The van der Waals surface area contributed by atoms with Crippen LogP contribution in [0, 0.1) is 17.8 Å². The van der Waals surface area contributed by atoms with Gasteiger partial charge in [-0.3, -0.25) is 4.79 Å². The molecule has 0 amide bonds. The van der Waals surface area contributed by atoms with Crippen molar-refractivity contribution in [2.75, 3.05) is 20.7 Å². The third-order valence-corrected chi connectivity index (χ3v) is 5.69. The van der Waals surface area contributed by atoms with E-state index in [4.69, 9.17) is 4.74 Å². The molecule has 0 aromatic rings. The Morgan fingerprint density at radius 2 is 1.67 bits per heavy atom. The summed E-state index contributed by atoms with van der Waals surface area (Å²) in [5.41, 5.74) is 0.419. The summed E-state index contributed by atoms with van der Waals surface area (Å²) in [5, 5.41) is 0. The minimum absolute atomic E-state index is 0.0772. The lowest BCUT2D eigenvalue weighted by Gasteiger charge is -2.60. The number of ether oxygens (including phenoxy) is 1. The molecule has 4 fully saturated rings. The quantitative estimate of drug-likeness (QED) is 0.719. The molecular weight excluding hydrogens is 226 g/mol. The number of hydrogen-bond acceptors (Lipinski definition) is 3. The van der Waals surface area contributed by atoms with Gasteiger partial charge in [0.2, 0.25) is 0 Å². The largest absolute Gasteiger partial charge is 0.469 e. The van der Waals surface area contributed by atoms with E-state index in [-0.39, 0.29) is 5.97 Å². The highest BCUT2D eigenvalue weighted by Crippen LogP contribution is 2.57. The summed E-state index contributed by atoms with van der Waals surface area (Å²) in [6, 6.07) is 0. The molecule has 4 aliphatic carbocycles. The SMILES string of the molecule is COC(=O)CCN(C)C12CC3CC(CC(C3)C1)C2. The van der Waals surface area contributed by atoms with Crippen LogP contribution in [-0.4, -0.2) is 37.1 Å². The van der Waals surface area contributed by atoms with Gasteiger partial charge in [0, 0.05) is 12.1 Å². The predicted octanol–water partition coefficient (Wildman–Crippen LogP) is 2.45. The maximum Gasteiger partial charge on any atom is 0.306 e. The molecule has 0 N–H and O–H groups in total. The van der Waals surface area contributed by atoms with E-state index in [0.29, 0.717) is 12.0 Å². The molecular formula is C15H25NO2. The Morgan fingerprint density at radius 3 is 2.11 bits per heavy atom. The fraction of sp³-hybridized carbons (Fsp3) is 0.933. The first-order chi connectivity index (χ1) is 8.61. The van der Waals surface area contributed by atoms with Crippen molar-refractivity contribution in [1.82, 2.24) is 4.90 Å². The van der Waals surface area contributed by atoms with E-state index in [0.717, 1.165) is 24.3 Å². The van der Waals surface area contributed by atoms with Crippen LogP contribution in [0.15, 0.2) is 0 Å². The highest BCUT2D eigenvalue weighted by molar-refractivity contribution is 5.69. The maximum absolute atomic E-state index is 11.3. The predicted molar refractivity (Wildman–Crippen MR) is 70.2 cm³/mol. The molecule has 18 heavy (non-hydrogen) atoms. The Bertz CT molecular complexity index is 304. The van der Waals surface area contributed by atoms with Gasteiger partial charge in [-0.1, -0.05) is 0 Å². The summed E-state index contributed by atoms with van der Waals surface area (Å²) in [4.78, 5) is 13.8. The van der Waals surface area contributed by atoms with Crippen LogP contribution >= 0.6 is 0 Å². The average molecular weight is 251 g/mol. The number of rotatable bonds is 4. The molecule has 4 rings (SSSR count). The second kappa shape index (κ2) is 4.52. The fourth-order valence-corrected chi connectivity index (χ4v) is 5.13. The average Bonchev–Trinajstić information content (AvgIpc) is 2.33. The number of carbonyl (C=O) groups excluding carboxylic acids is 1. The maximum atomic E-state index is 11.3. The van der Waals surface area contributed by atoms with E-state index in [1.165, 1.54) is 45.6 Å². The molecule has 4 bridgehead atoms. The van der Waals surface area contributed by atoms with Crippen LogP contribution < -0.4 is 0 Å². The van der Waals surface area contributed by atoms with Crippen LogP contribution in [0.4, 0.5) is 0 Å². The zero-order valence-electron chi connectivity index (χ0n) is 11.7. The first-order valence-electron chi connectivity index (χ1n) is 7.39. The van der Waals surface area contributed by atoms with Crippen LogP contribution in [0.1, 0.15) is 44.9 Å². The minimum Gasteiger partial charge on any atom is -0.469 e. The highest BCUT2D eigenvalue weighted by Gasteiger charge is 2.52. The zero-order valence-corrected chi connectivity index (χ0v) is 11.7. The van der Waals surface area contributed by atoms with E-state index < -0.39 is 0 Å². The topological polar surface area (TPSA) is 29.5 Å². The van der Waals surface area contributed by atoms with E-state index >= 15 is 0 Å². The smallest absolute Gasteiger partial charge is 0.306 e. The minimum atomic E-state index is -0.0772. The summed E-state index contributed by atoms with van der Waals surface area (Å²) in [6.07, 6.45) is 9.08. The van der Waals surface area contributed by atoms with Crippen LogP contribution in [0.25, 0.3) is 0 Å². The Labute approximate surface area is 110 Å². The van der Waals surface area contributed by atoms with Crippen molar-refractivity contribution in [3.05, 3.63) is 0 Å². The van der Waals surface area contributed by atoms with Gasteiger partial charge in [0.1, 0.15) is 0 Å². The molecule has 3 nitrogen and oxygen atoms in total. The molecule has 0 atom stereocenters. The van der Waals surface area contributed by atoms with Crippen molar-refractivity contribution in [3.63, 3.8) is 0 Å². The highest BCUT2D eigenvalue weighted by atomic mass is 16.5. The molecule has 0 aromatic heterocycles. The van der Waals surface area contributed by atoms with Crippen molar-refractivity contribution in [2.45, 2.75) is 50.5 Å². The Morgan fingerprint density at radius 1 is 1.17 bits per heavy atom. The second-order valence-electron chi connectivity index (χ2n) is 6.89. The molecule has 102 valence electrons. The number of methoxy groups -OCH3 is 1. The van der Waals surface area contributed by atoms with Gasteiger partial charge >= 0.3 is 5.97 Å². The summed E-state index contributed by atoms with van der Waals surface area (Å²) >= 11 is 0. The number of nitrogens with zero attached hydrogens (tertiary/aromatic N) is 1. The first kappa shape index (κ1) is 12.5. The van der Waals surface area contributed by atoms with Gasteiger partial charge in [0.05, 0.1) is 13.5 Å². The number of carbonyl (C=O) groups is 1. The van der Waals surface area contributed by atoms with Crippen LogP contribution in [0.3, 0.4) is 0 Å². The summed E-state index contributed by atoms with van der Waals surface area (Å²) in [6.45, 7) is 0.860. The molecule has 0 radical (unpaired) electrons. The molecule has 4 saturated carbocycles. The van der Waals surface area contributed by atoms with E-state index in [1.54, 1.807) is 0 Å². The number of esters is 1. The van der Waals surface area contributed by atoms with E-state index in [1.807, 2.05) is 0 Å². The molecule has 0 saturated heterocycles. The van der Waals surface area contributed by atoms with Crippen molar-refractivity contribution in [2.24, 2.45) is 17.8 Å². The molecule has 0 aromatic carbocycles. The zero-order chi connectivity index (χ0) is 12.8. The summed E-state index contributed by atoms with van der Waals surface area (Å²) < 4.78 is 4.75. The Kier molecular flexibility index (Phi) is 3.13. The third kappa shape index (κ3) is 2.07. The van der Waals surface area contributed by atoms with Crippen molar-refractivity contribution >= 4 is 5.97 Å². The van der Waals surface area contributed by atoms with E-state index in [9.17, 15) is 4.79 Å². The molecule has 4 aliphatic rings. The van der Waals surface area contributed by atoms with Gasteiger partial charge < -0.3 is 9.64 Å². The van der Waals surface area contributed by atoms with Crippen LogP contribution in [0.5, 0.6) is 0 Å². The van der Waals surface area contributed by atoms with Crippen molar-refractivity contribution in [1.29, 1.82) is 0 Å². The Balaban J connectivity index is 1.65. The van der Waals surface area contributed by atoms with Gasteiger partial charge in [-0.15, -0.1) is 0 Å². The monoisotopic (exact) mass is 251 g/mol. The van der Waals surface area contributed by atoms with Gasteiger partial charge in [-0.2, -0.15) is 0 Å². The third-order valence-electron chi connectivity index (χ3n) is 5.69. The van der Waals surface area contributed by atoms with Crippen molar-refractivity contribution in [3.8, 4) is 0 Å². The summed E-state index contributed by atoms with van der Waals surface area (Å²) in [5.74, 6) is 2.83. The van der Waals surface area contributed by atoms with Gasteiger partial charge in [0.25, 0.3) is 0 Å². The van der Waals surface area contributed by atoms with Gasteiger partial charge in [0.15, 0.2) is 0 Å². The summed E-state index contributed by atoms with van der Waals surface area (Å²) in [7, 11) is 3.70. The van der Waals surface area contributed by atoms with Gasteiger partial charge in [-0.05, 0) is 63.3 Å². The molecule has 0 aliphatic heterocycles. The number of hydrogen-bond donors (Lipinski definition) is 0. The fourth-order valence-electron chi connectivity index (χ4n) is 5.13. The standard InChI is InChI=1S/C15H25NO2/c1-16(4-3-14(17)18-2)15-8-11-5-12(9-15)7-13(6-11)10-15/h11-13H,3-10H2,1-2H3. The first-order valence-corrected chi connectivity index (χ1v) is 7.39. The molecule has 0 unspecified atom stereocenters. The lowest BCUT2D eigenvalue weighted by Crippen LogP contribution is -2.59. The van der Waals surface area contributed by atoms with Gasteiger partial charge in [-0.25, -0.2) is 0 Å². The molecule has 3 heteroatoms. The molecule has 0 spiro atoms. The normalized spacial score (nSPS) is 41.4. The van der Waals surface area contributed by atoms with Crippen LogP contribution in [-0.2, 0) is 9.53 Å². The lowest BCUT2D eigenvalue weighted by atomic mass is 9.52. The van der Waals surface area contributed by atoms with Crippen LogP contribution in [0.2, 0.25) is 0 Å². The Hall–Kier alpha value is -0.570.